The normalized spacial score (nSPS) is 21.5. The van der Waals surface area contributed by atoms with E-state index in [1.165, 1.54) is 24.9 Å². The van der Waals surface area contributed by atoms with Gasteiger partial charge in [-0.2, -0.15) is 0 Å². The van der Waals surface area contributed by atoms with E-state index >= 15 is 0 Å². The minimum absolute atomic E-state index is 1.12. The lowest BCUT2D eigenvalue weighted by Gasteiger charge is -2.33. The van der Waals surface area contributed by atoms with Crippen LogP contribution in [0.1, 0.15) is 12.8 Å². The summed E-state index contributed by atoms with van der Waals surface area (Å²) in [6, 6.07) is 2.82. The lowest BCUT2D eigenvalue weighted by atomic mass is 10.4. The minimum atomic E-state index is -1.17. The van der Waals surface area contributed by atoms with E-state index in [0.717, 1.165) is 10.4 Å². The molecule has 0 aromatic heterocycles. The molecule has 0 atom stereocenters. The molecule has 1 nitrogen and oxygen atoms in total. The molecule has 3 heteroatoms. The van der Waals surface area contributed by atoms with E-state index in [2.05, 4.69) is 23.1 Å². The minimum Gasteiger partial charge on any atom is -0.435 e. The number of hydrogen-bond donors (Lipinski definition) is 0. The molecule has 1 heterocycles. The van der Waals surface area contributed by atoms with Crippen molar-refractivity contribution in [2.45, 2.75) is 24.9 Å². The fourth-order valence-electron chi connectivity index (χ4n) is 1.87. The standard InChI is InChI=1S/C8H17NSi2/c1-3-9(10)11(4-2)7-5-6-8-11/h3-4H,1-2,5-8H2,10H3. The first-order valence-electron chi connectivity index (χ1n) is 4.24. The van der Waals surface area contributed by atoms with Crippen molar-refractivity contribution in [3.05, 3.63) is 25.1 Å². The Hall–Kier alpha value is -0.286. The van der Waals surface area contributed by atoms with Gasteiger partial charge in [-0.25, -0.2) is 0 Å². The smallest absolute Gasteiger partial charge is 0.171 e. The molecule has 0 spiro atoms. The van der Waals surface area contributed by atoms with Gasteiger partial charge in [-0.05, 0) is 18.3 Å². The van der Waals surface area contributed by atoms with E-state index in [9.17, 15) is 0 Å². The summed E-state index contributed by atoms with van der Waals surface area (Å²) < 4.78 is 2.47. The monoisotopic (exact) mass is 183 g/mol. The molecule has 1 fully saturated rings. The molecule has 62 valence electrons. The Morgan fingerprint density at radius 2 is 1.82 bits per heavy atom. The highest BCUT2D eigenvalue weighted by atomic mass is 28.4. The highest BCUT2D eigenvalue weighted by molar-refractivity contribution is 6.85. The van der Waals surface area contributed by atoms with Crippen LogP contribution in [0.3, 0.4) is 0 Å². The van der Waals surface area contributed by atoms with Crippen LogP contribution in [0.25, 0.3) is 0 Å². The predicted molar refractivity (Wildman–Crippen MR) is 56.8 cm³/mol. The summed E-state index contributed by atoms with van der Waals surface area (Å²) >= 11 is 0. The Labute approximate surface area is 73.4 Å². The molecular formula is C8H17NSi2. The lowest BCUT2D eigenvalue weighted by molar-refractivity contribution is 0.893. The summed E-state index contributed by atoms with van der Waals surface area (Å²) in [5.74, 6) is 0. The van der Waals surface area contributed by atoms with Crippen LogP contribution >= 0.6 is 0 Å². The molecule has 0 N–H and O–H groups in total. The molecule has 11 heavy (non-hydrogen) atoms. The molecule has 0 amide bonds. The molecule has 0 aliphatic carbocycles. The number of rotatable bonds is 3. The van der Waals surface area contributed by atoms with Gasteiger partial charge in [0, 0.05) is 0 Å². The van der Waals surface area contributed by atoms with Crippen molar-refractivity contribution in [1.29, 1.82) is 0 Å². The molecule has 1 aliphatic heterocycles. The van der Waals surface area contributed by atoms with Gasteiger partial charge in [0.05, 0.1) is 10.4 Å². The van der Waals surface area contributed by atoms with Gasteiger partial charge in [0.25, 0.3) is 0 Å². The third-order valence-corrected chi connectivity index (χ3v) is 10.6. The van der Waals surface area contributed by atoms with Crippen LogP contribution in [0.5, 0.6) is 0 Å². The van der Waals surface area contributed by atoms with E-state index in [1.54, 1.807) is 0 Å². The highest BCUT2D eigenvalue weighted by Gasteiger charge is 2.35. The van der Waals surface area contributed by atoms with Crippen molar-refractivity contribution in [2.24, 2.45) is 0 Å². The SMILES string of the molecule is C=CN([SiH3])[Si]1(C=C)CCCC1. The molecule has 0 aromatic carbocycles. The van der Waals surface area contributed by atoms with Crippen LogP contribution in [0, 0.1) is 0 Å². The maximum Gasteiger partial charge on any atom is 0.171 e. The molecule has 0 aromatic rings. The second-order valence-electron chi connectivity index (χ2n) is 3.31. The van der Waals surface area contributed by atoms with Gasteiger partial charge in [-0.15, -0.1) is 6.58 Å². The molecule has 0 unspecified atom stereocenters. The van der Waals surface area contributed by atoms with Crippen molar-refractivity contribution in [2.75, 3.05) is 0 Å². The first-order chi connectivity index (χ1) is 5.25. The van der Waals surface area contributed by atoms with E-state index in [1.807, 2.05) is 6.20 Å². The zero-order valence-electron chi connectivity index (χ0n) is 7.34. The molecule has 1 saturated heterocycles. The maximum absolute atomic E-state index is 3.98. The maximum atomic E-state index is 3.98. The van der Waals surface area contributed by atoms with Gasteiger partial charge >= 0.3 is 0 Å². The molecule has 0 saturated carbocycles. The van der Waals surface area contributed by atoms with Gasteiger partial charge in [0.15, 0.2) is 8.24 Å². The third-order valence-electron chi connectivity index (χ3n) is 2.83. The van der Waals surface area contributed by atoms with Crippen molar-refractivity contribution in [1.82, 2.24) is 4.23 Å². The first-order valence-corrected chi connectivity index (χ1v) is 7.57. The Kier molecular flexibility index (Phi) is 2.73. The zero-order valence-corrected chi connectivity index (χ0v) is 10.3. The van der Waals surface area contributed by atoms with Crippen molar-refractivity contribution in [3.63, 3.8) is 0 Å². The topological polar surface area (TPSA) is 3.24 Å². The van der Waals surface area contributed by atoms with Crippen LogP contribution in [0.15, 0.2) is 25.1 Å². The molecule has 1 aliphatic rings. The Morgan fingerprint density at radius 1 is 1.27 bits per heavy atom. The van der Waals surface area contributed by atoms with Crippen LogP contribution in [-0.2, 0) is 0 Å². The van der Waals surface area contributed by atoms with Gasteiger partial charge in [0.1, 0.15) is 0 Å². The third kappa shape index (κ3) is 1.49. The molecular weight excluding hydrogens is 166 g/mol. The first kappa shape index (κ1) is 8.81. The average Bonchev–Trinajstić information content (AvgIpc) is 2.52. The van der Waals surface area contributed by atoms with E-state index < -0.39 is 8.24 Å². The Balaban J connectivity index is 2.73. The van der Waals surface area contributed by atoms with Gasteiger partial charge in [-0.1, -0.05) is 25.1 Å². The van der Waals surface area contributed by atoms with Crippen molar-refractivity contribution in [3.8, 4) is 0 Å². The summed E-state index contributed by atoms with van der Waals surface area (Å²) in [5, 5.41) is 0. The van der Waals surface area contributed by atoms with Crippen LogP contribution in [-0.4, -0.2) is 22.9 Å². The largest absolute Gasteiger partial charge is 0.435 e. The summed E-state index contributed by atoms with van der Waals surface area (Å²) in [4.78, 5) is 0. The van der Waals surface area contributed by atoms with Crippen LogP contribution < -0.4 is 0 Å². The number of nitrogens with zero attached hydrogens (tertiary/aromatic N) is 1. The number of hydrogen-bond acceptors (Lipinski definition) is 1. The van der Waals surface area contributed by atoms with Crippen LogP contribution in [0.2, 0.25) is 12.1 Å². The van der Waals surface area contributed by atoms with Crippen molar-refractivity contribution >= 4 is 18.6 Å². The van der Waals surface area contributed by atoms with Crippen LogP contribution in [0.4, 0.5) is 0 Å². The van der Waals surface area contributed by atoms with Gasteiger partial charge < -0.3 is 4.23 Å². The lowest BCUT2D eigenvalue weighted by Crippen LogP contribution is -2.45. The Morgan fingerprint density at radius 3 is 2.18 bits per heavy atom. The fraction of sp³-hybridized carbons (Fsp3) is 0.500. The summed E-state index contributed by atoms with van der Waals surface area (Å²) in [6.45, 7) is 7.82. The predicted octanol–water partition coefficient (Wildman–Crippen LogP) is 1.18. The average molecular weight is 183 g/mol. The highest BCUT2D eigenvalue weighted by Crippen LogP contribution is 2.32. The second-order valence-corrected chi connectivity index (χ2v) is 9.49. The van der Waals surface area contributed by atoms with Gasteiger partial charge in [-0.3, -0.25) is 0 Å². The second kappa shape index (κ2) is 3.41. The fourth-order valence-corrected chi connectivity index (χ4v) is 7.50. The van der Waals surface area contributed by atoms with E-state index in [0.29, 0.717) is 0 Å². The van der Waals surface area contributed by atoms with Crippen molar-refractivity contribution < 1.29 is 0 Å². The van der Waals surface area contributed by atoms with E-state index in [4.69, 9.17) is 0 Å². The molecule has 1 rings (SSSR count). The molecule has 0 radical (unpaired) electrons. The van der Waals surface area contributed by atoms with E-state index in [-0.39, 0.29) is 0 Å². The summed E-state index contributed by atoms with van der Waals surface area (Å²) in [5.41, 5.74) is 2.24. The summed E-state index contributed by atoms with van der Waals surface area (Å²) in [6.07, 6.45) is 4.83. The quantitative estimate of drug-likeness (QED) is 0.594. The molecule has 0 bridgehead atoms. The Bertz CT molecular complexity index is 161. The zero-order chi connectivity index (χ0) is 8.32. The summed E-state index contributed by atoms with van der Waals surface area (Å²) in [7, 11) is -0.0472. The van der Waals surface area contributed by atoms with Gasteiger partial charge in [0.2, 0.25) is 0 Å².